The molecule has 0 fully saturated rings. The zero-order chi connectivity index (χ0) is 17.4. The van der Waals surface area contributed by atoms with E-state index >= 15 is 0 Å². The molecule has 3 rings (SSSR count). The second kappa shape index (κ2) is 6.10. The van der Waals surface area contributed by atoms with Crippen LogP contribution < -0.4 is 13.8 Å². The van der Waals surface area contributed by atoms with E-state index in [1.165, 1.54) is 24.3 Å². The molecule has 7 nitrogen and oxygen atoms in total. The van der Waals surface area contributed by atoms with Gasteiger partial charge in [0.15, 0.2) is 17.3 Å². The quantitative estimate of drug-likeness (QED) is 0.358. The molecule has 0 amide bonds. The minimum Gasteiger partial charge on any atom is -0.507 e. The first-order valence-corrected chi connectivity index (χ1v) is 7.18. The zero-order valence-corrected chi connectivity index (χ0v) is 13.5. The lowest BCUT2D eigenvalue weighted by molar-refractivity contribution is 0.442. The molecule has 3 aromatic rings. The van der Waals surface area contributed by atoms with E-state index in [9.17, 15) is 20.1 Å². The van der Waals surface area contributed by atoms with Crippen molar-refractivity contribution in [2.75, 3.05) is 0 Å². The van der Waals surface area contributed by atoms with Gasteiger partial charge in [-0.15, -0.1) is 0 Å². The summed E-state index contributed by atoms with van der Waals surface area (Å²) in [4.78, 5) is 12.3. The van der Waals surface area contributed by atoms with E-state index in [1.54, 1.807) is 0 Å². The van der Waals surface area contributed by atoms with Crippen LogP contribution in [0.4, 0.5) is 0 Å². The summed E-state index contributed by atoms with van der Waals surface area (Å²) >= 11 is 7.21. The fraction of sp³-hybridized carbons (Fsp3) is 0. The summed E-state index contributed by atoms with van der Waals surface area (Å²) in [6, 6.07) is 6.56. The minimum atomic E-state index is -0.830. The smallest absolute Gasteiger partial charge is 0.238 e. The Labute approximate surface area is 145 Å². The maximum absolute atomic E-state index is 12.3. The van der Waals surface area contributed by atoms with Crippen molar-refractivity contribution in [3.8, 4) is 40.1 Å². The summed E-state index contributed by atoms with van der Waals surface area (Å²) in [5.41, 5.74) is -0.635. The van der Waals surface area contributed by atoms with Gasteiger partial charge < -0.3 is 28.1 Å². The van der Waals surface area contributed by atoms with Crippen molar-refractivity contribution in [3.05, 3.63) is 40.6 Å². The molecule has 0 atom stereocenters. The van der Waals surface area contributed by atoms with Crippen LogP contribution in [0, 0.1) is 0 Å². The Morgan fingerprint density at radius 2 is 1.71 bits per heavy atom. The summed E-state index contributed by atoms with van der Waals surface area (Å²) in [6.45, 7) is 0. The Bertz CT molecular complexity index is 997. The fourth-order valence-electron chi connectivity index (χ4n) is 2.25. The molecule has 24 heavy (non-hydrogen) atoms. The number of hydrogen-bond acceptors (Lipinski definition) is 9. The van der Waals surface area contributed by atoms with E-state index in [4.69, 9.17) is 8.60 Å². The van der Waals surface area contributed by atoms with Crippen LogP contribution in [0.15, 0.2) is 39.5 Å². The van der Waals surface area contributed by atoms with Gasteiger partial charge in [0.05, 0.1) is 0 Å². The molecule has 0 aliphatic heterocycles. The van der Waals surface area contributed by atoms with Crippen LogP contribution in [0.25, 0.3) is 22.3 Å². The van der Waals surface area contributed by atoms with E-state index in [0.717, 1.165) is 6.07 Å². The second-order valence-electron chi connectivity index (χ2n) is 4.79. The van der Waals surface area contributed by atoms with Gasteiger partial charge in [-0.2, -0.15) is 0 Å². The Balaban J connectivity index is 2.31. The number of phenols is 2. The van der Waals surface area contributed by atoms with Gasteiger partial charge in [0.2, 0.25) is 11.2 Å². The predicted molar refractivity (Wildman–Crippen MR) is 92.1 cm³/mol. The number of aromatic hydroxyl groups is 3. The lowest BCUT2D eigenvalue weighted by Gasteiger charge is -2.09. The molecule has 9 heteroatoms. The van der Waals surface area contributed by atoms with Crippen LogP contribution in [0.3, 0.4) is 0 Å². The van der Waals surface area contributed by atoms with Crippen LogP contribution in [0.2, 0.25) is 0 Å². The Hall–Kier alpha value is -2.65. The van der Waals surface area contributed by atoms with Crippen LogP contribution in [0.5, 0.6) is 28.7 Å². The van der Waals surface area contributed by atoms with E-state index in [1.807, 2.05) is 0 Å². The molecular weight excluding hydrogens is 356 g/mol. The summed E-state index contributed by atoms with van der Waals surface area (Å²) in [7, 11) is 0. The van der Waals surface area contributed by atoms with Gasteiger partial charge in [0, 0.05) is 43.5 Å². The average Bonchev–Trinajstić information content (AvgIpc) is 2.57. The van der Waals surface area contributed by atoms with Crippen molar-refractivity contribution >= 4 is 36.8 Å². The number of thiol groups is 2. The third-order valence-corrected chi connectivity index (χ3v) is 3.76. The molecular formula is C15H10O7S2. The maximum atomic E-state index is 12.3. The predicted octanol–water partition coefficient (Wildman–Crippen LogP) is 3.02. The highest BCUT2D eigenvalue weighted by Crippen LogP contribution is 2.38. The molecule has 3 N–H and O–H groups in total. The molecule has 0 aliphatic carbocycles. The fourth-order valence-corrected chi connectivity index (χ4v) is 2.51. The highest BCUT2D eigenvalue weighted by molar-refractivity contribution is 7.75. The number of fused-ring (bicyclic) bond motifs is 1. The summed E-state index contributed by atoms with van der Waals surface area (Å²) in [5.74, 6) is -1.35. The third-order valence-electron chi connectivity index (χ3n) is 3.35. The van der Waals surface area contributed by atoms with Crippen molar-refractivity contribution in [1.82, 2.24) is 0 Å². The van der Waals surface area contributed by atoms with Gasteiger partial charge >= 0.3 is 0 Å². The number of benzene rings is 2. The van der Waals surface area contributed by atoms with Crippen LogP contribution >= 0.6 is 25.8 Å². The van der Waals surface area contributed by atoms with E-state index in [0.29, 0.717) is 0 Å². The Kier molecular flexibility index (Phi) is 4.12. The van der Waals surface area contributed by atoms with Crippen LogP contribution in [0.1, 0.15) is 0 Å². The van der Waals surface area contributed by atoms with Gasteiger partial charge in [-0.25, -0.2) is 0 Å². The SMILES string of the molecule is O=c1c(O)c(-c2ccc(OS)c(O)c2)oc2cc(OS)cc(O)c12. The van der Waals surface area contributed by atoms with Crippen molar-refractivity contribution in [3.63, 3.8) is 0 Å². The number of rotatable bonds is 3. The molecule has 0 unspecified atom stereocenters. The van der Waals surface area contributed by atoms with Crippen molar-refractivity contribution < 1.29 is 28.1 Å². The summed E-state index contributed by atoms with van der Waals surface area (Å²) < 4.78 is 14.9. The first kappa shape index (κ1) is 16.2. The van der Waals surface area contributed by atoms with Gasteiger partial charge in [0.1, 0.15) is 22.5 Å². The molecule has 0 saturated heterocycles. The minimum absolute atomic E-state index is 0.0224. The molecule has 1 aromatic heterocycles. The van der Waals surface area contributed by atoms with Gasteiger partial charge in [-0.1, -0.05) is 0 Å². The first-order valence-electron chi connectivity index (χ1n) is 6.45. The molecule has 2 aromatic carbocycles. The lowest BCUT2D eigenvalue weighted by Crippen LogP contribution is -2.03. The van der Waals surface area contributed by atoms with Crippen molar-refractivity contribution in [2.24, 2.45) is 0 Å². The monoisotopic (exact) mass is 366 g/mol. The number of hydrogen-bond donors (Lipinski definition) is 5. The van der Waals surface area contributed by atoms with Gasteiger partial charge in [-0.05, 0) is 18.2 Å². The Morgan fingerprint density at radius 3 is 2.33 bits per heavy atom. The average molecular weight is 366 g/mol. The van der Waals surface area contributed by atoms with Gasteiger partial charge in [-0.3, -0.25) is 4.79 Å². The Morgan fingerprint density at radius 1 is 0.958 bits per heavy atom. The molecule has 0 saturated carbocycles. The van der Waals surface area contributed by atoms with E-state index in [-0.39, 0.29) is 39.5 Å². The topological polar surface area (TPSA) is 109 Å². The van der Waals surface area contributed by atoms with E-state index < -0.39 is 16.9 Å². The molecule has 0 spiro atoms. The first-order chi connectivity index (χ1) is 11.5. The standard InChI is InChI=1S/C15H10O7S2/c16-8-3-6(1-2-10(8)22-24)15-14(19)13(18)12-9(17)4-7(21-23)5-11(12)20-15/h1-5,16-17,19,23-24H. The third kappa shape index (κ3) is 2.57. The molecule has 0 bridgehead atoms. The van der Waals surface area contributed by atoms with Crippen LogP contribution in [-0.2, 0) is 0 Å². The normalized spacial score (nSPS) is 10.8. The van der Waals surface area contributed by atoms with Gasteiger partial charge in [0.25, 0.3) is 0 Å². The summed E-state index contributed by atoms with van der Waals surface area (Å²) in [6.07, 6.45) is 0. The van der Waals surface area contributed by atoms with Crippen LogP contribution in [-0.4, -0.2) is 15.3 Å². The zero-order valence-electron chi connectivity index (χ0n) is 11.8. The molecule has 0 aliphatic rings. The van der Waals surface area contributed by atoms with E-state index in [2.05, 4.69) is 30.0 Å². The summed E-state index contributed by atoms with van der Waals surface area (Å²) in [5, 5.41) is 29.6. The molecule has 124 valence electrons. The molecule has 0 radical (unpaired) electrons. The lowest BCUT2D eigenvalue weighted by atomic mass is 10.1. The highest BCUT2D eigenvalue weighted by Gasteiger charge is 2.20. The number of phenolic OH excluding ortho intramolecular Hbond substituents is 2. The van der Waals surface area contributed by atoms with Crippen molar-refractivity contribution in [2.45, 2.75) is 0 Å². The second-order valence-corrected chi connectivity index (χ2v) is 5.15. The maximum Gasteiger partial charge on any atom is 0.238 e. The highest BCUT2D eigenvalue weighted by atomic mass is 32.1. The molecule has 1 heterocycles. The largest absolute Gasteiger partial charge is 0.507 e. The van der Waals surface area contributed by atoms with Crippen molar-refractivity contribution in [1.29, 1.82) is 0 Å².